The third-order valence-electron chi connectivity index (χ3n) is 4.84. The van der Waals surface area contributed by atoms with E-state index in [1.165, 1.54) is 0 Å². The molecule has 0 saturated carbocycles. The number of phosphoric ester groups is 1. The van der Waals surface area contributed by atoms with Gasteiger partial charge in [-0.05, 0) is 27.3 Å². The Kier molecular flexibility index (Phi) is 3.21. The van der Waals surface area contributed by atoms with E-state index in [2.05, 4.69) is 0 Å². The van der Waals surface area contributed by atoms with Crippen molar-refractivity contribution in [3.8, 4) is 5.75 Å². The first kappa shape index (κ1) is 15.8. The van der Waals surface area contributed by atoms with E-state index in [1.54, 1.807) is 12.1 Å². The predicted molar refractivity (Wildman–Crippen MR) is 97.7 cm³/mol. The molecule has 1 aliphatic heterocycles. The lowest BCUT2D eigenvalue weighted by atomic mass is 9.85. The van der Waals surface area contributed by atoms with Gasteiger partial charge in [-0.3, -0.25) is 4.89 Å². The fraction of sp³-hybridized carbons (Fsp3) is 0.100. The van der Waals surface area contributed by atoms with Crippen LogP contribution in [0.5, 0.6) is 5.75 Å². The Labute approximate surface area is 149 Å². The molecule has 0 bridgehead atoms. The zero-order valence-corrected chi connectivity index (χ0v) is 14.5. The van der Waals surface area contributed by atoms with Crippen LogP contribution in [0.4, 0.5) is 0 Å². The Bertz CT molecular complexity index is 1230. The first-order valence-corrected chi connectivity index (χ1v) is 9.74. The van der Waals surface area contributed by atoms with Crippen LogP contribution in [0.15, 0.2) is 60.7 Å². The number of phosphoric acid groups is 1. The SMILES string of the molecule is O=P1(O)Oc2ccc3ccccc3c2C2=c3ccccc3=CC[C@@]2(O)O1. The number of rotatable bonds is 0. The van der Waals surface area contributed by atoms with E-state index in [9.17, 15) is 14.6 Å². The third-order valence-corrected chi connectivity index (χ3v) is 5.80. The predicted octanol–water partition coefficient (Wildman–Crippen LogP) is 2.42. The summed E-state index contributed by atoms with van der Waals surface area (Å²) in [7, 11) is -4.50. The Morgan fingerprint density at radius 1 is 1.00 bits per heavy atom. The average molecular weight is 366 g/mol. The zero-order valence-electron chi connectivity index (χ0n) is 13.6. The maximum Gasteiger partial charge on any atom is 0.530 e. The summed E-state index contributed by atoms with van der Waals surface area (Å²) in [6.07, 6.45) is 1.85. The van der Waals surface area contributed by atoms with Gasteiger partial charge in [-0.15, -0.1) is 0 Å². The lowest BCUT2D eigenvalue weighted by molar-refractivity contribution is -0.0911. The number of fused-ring (bicyclic) bond motifs is 6. The van der Waals surface area contributed by atoms with Gasteiger partial charge in [-0.2, -0.15) is 0 Å². The molecule has 0 fully saturated rings. The van der Waals surface area contributed by atoms with E-state index in [-0.39, 0.29) is 12.2 Å². The second kappa shape index (κ2) is 5.29. The second-order valence-electron chi connectivity index (χ2n) is 6.47. The molecule has 0 radical (unpaired) electrons. The molecular formula is C20H15O5P. The van der Waals surface area contributed by atoms with Gasteiger partial charge in [0.25, 0.3) is 0 Å². The Morgan fingerprint density at radius 3 is 2.65 bits per heavy atom. The molecule has 5 nitrogen and oxygen atoms in total. The summed E-state index contributed by atoms with van der Waals surface area (Å²) in [4.78, 5) is 10.1. The highest BCUT2D eigenvalue weighted by Crippen LogP contribution is 2.56. The molecule has 1 unspecified atom stereocenters. The highest BCUT2D eigenvalue weighted by atomic mass is 31.2. The maximum atomic E-state index is 12.4. The average Bonchev–Trinajstić information content (AvgIpc) is 2.71. The van der Waals surface area contributed by atoms with Crippen LogP contribution in [0, 0.1) is 0 Å². The molecule has 3 aromatic rings. The van der Waals surface area contributed by atoms with Crippen molar-refractivity contribution in [3.05, 3.63) is 76.7 Å². The summed E-state index contributed by atoms with van der Waals surface area (Å²) >= 11 is 0. The molecule has 130 valence electrons. The molecule has 6 heteroatoms. The molecule has 26 heavy (non-hydrogen) atoms. The van der Waals surface area contributed by atoms with Gasteiger partial charge in [0.15, 0.2) is 0 Å². The standard InChI is InChI=1S/C20H15O5P/c21-20-12-11-14-6-2-4-8-16(14)19(20)18-15-7-3-1-5-13(15)9-10-17(18)24-26(22,23)25-20/h1-11,21H,12H2,(H,22,23)/t20-/m1/s1. The molecule has 0 aromatic heterocycles. The van der Waals surface area contributed by atoms with E-state index >= 15 is 0 Å². The number of benzene rings is 3. The fourth-order valence-electron chi connectivity index (χ4n) is 3.80. The molecule has 0 saturated heterocycles. The quantitative estimate of drug-likeness (QED) is 0.598. The maximum absolute atomic E-state index is 12.4. The van der Waals surface area contributed by atoms with Crippen molar-refractivity contribution in [2.75, 3.05) is 0 Å². The van der Waals surface area contributed by atoms with Crippen LogP contribution < -0.4 is 15.0 Å². The van der Waals surface area contributed by atoms with Gasteiger partial charge in [0, 0.05) is 17.6 Å². The van der Waals surface area contributed by atoms with E-state index in [1.807, 2.05) is 54.6 Å². The number of hydrogen-bond donors (Lipinski definition) is 2. The van der Waals surface area contributed by atoms with Crippen LogP contribution in [-0.2, 0) is 9.09 Å². The number of aliphatic hydroxyl groups is 1. The fourth-order valence-corrected chi connectivity index (χ4v) is 4.78. The lowest BCUT2D eigenvalue weighted by Crippen LogP contribution is -2.44. The lowest BCUT2D eigenvalue weighted by Gasteiger charge is -2.30. The van der Waals surface area contributed by atoms with Gasteiger partial charge in [0.1, 0.15) is 5.75 Å². The monoisotopic (exact) mass is 366 g/mol. The third kappa shape index (κ3) is 2.26. The van der Waals surface area contributed by atoms with Crippen LogP contribution in [0.25, 0.3) is 22.4 Å². The van der Waals surface area contributed by atoms with Crippen LogP contribution in [0.2, 0.25) is 0 Å². The molecule has 5 rings (SSSR count). The highest BCUT2D eigenvalue weighted by molar-refractivity contribution is 7.48. The van der Waals surface area contributed by atoms with Crippen molar-refractivity contribution in [1.82, 2.24) is 0 Å². The van der Waals surface area contributed by atoms with Crippen molar-refractivity contribution >= 4 is 30.2 Å². The normalized spacial score (nSPS) is 26.8. The molecule has 0 spiro atoms. The largest absolute Gasteiger partial charge is 0.530 e. The molecule has 1 heterocycles. The Hall–Kier alpha value is -2.43. The summed E-state index contributed by atoms with van der Waals surface area (Å²) in [5, 5.41) is 14.7. The van der Waals surface area contributed by atoms with Crippen molar-refractivity contribution < 1.29 is 23.6 Å². The first-order valence-electron chi connectivity index (χ1n) is 8.25. The zero-order chi connectivity index (χ0) is 17.9. The Balaban J connectivity index is 2.04. The van der Waals surface area contributed by atoms with Crippen LogP contribution in [0.1, 0.15) is 12.0 Å². The van der Waals surface area contributed by atoms with Gasteiger partial charge in [-0.1, -0.05) is 60.7 Å². The molecule has 0 amide bonds. The Morgan fingerprint density at radius 2 is 1.77 bits per heavy atom. The summed E-state index contributed by atoms with van der Waals surface area (Å²) < 4.78 is 23.0. The second-order valence-corrected chi connectivity index (χ2v) is 7.77. The summed E-state index contributed by atoms with van der Waals surface area (Å²) in [6.45, 7) is 0. The minimum absolute atomic E-state index is 0.0515. The van der Waals surface area contributed by atoms with E-state index in [4.69, 9.17) is 9.05 Å². The van der Waals surface area contributed by atoms with Gasteiger partial charge in [-0.25, -0.2) is 9.09 Å². The minimum Gasteiger partial charge on any atom is -0.403 e. The van der Waals surface area contributed by atoms with Crippen LogP contribution in [-0.4, -0.2) is 15.8 Å². The highest BCUT2D eigenvalue weighted by Gasteiger charge is 2.47. The van der Waals surface area contributed by atoms with E-state index in [0.717, 1.165) is 21.2 Å². The molecule has 3 aromatic carbocycles. The van der Waals surface area contributed by atoms with Gasteiger partial charge in [0.05, 0.1) is 0 Å². The summed E-state index contributed by atoms with van der Waals surface area (Å²) in [6, 6.07) is 18.7. The minimum atomic E-state index is -4.50. The van der Waals surface area contributed by atoms with Crippen LogP contribution in [0.3, 0.4) is 0 Å². The number of hydrogen-bond acceptors (Lipinski definition) is 4. The molecule has 2 aliphatic rings. The van der Waals surface area contributed by atoms with E-state index < -0.39 is 13.6 Å². The molecule has 2 atom stereocenters. The van der Waals surface area contributed by atoms with Gasteiger partial charge >= 0.3 is 7.82 Å². The smallest absolute Gasteiger partial charge is 0.403 e. The van der Waals surface area contributed by atoms with Crippen molar-refractivity contribution in [3.63, 3.8) is 0 Å². The molecule has 2 N–H and O–H groups in total. The summed E-state index contributed by atoms with van der Waals surface area (Å²) in [5.41, 5.74) is 1.03. The van der Waals surface area contributed by atoms with Crippen LogP contribution >= 0.6 is 7.82 Å². The molecule has 1 aliphatic carbocycles. The molecular weight excluding hydrogens is 351 g/mol. The van der Waals surface area contributed by atoms with Crippen molar-refractivity contribution in [2.45, 2.75) is 12.2 Å². The first-order chi connectivity index (χ1) is 12.5. The topological polar surface area (TPSA) is 76.0 Å². The van der Waals surface area contributed by atoms with Crippen molar-refractivity contribution in [2.24, 2.45) is 0 Å². The summed E-state index contributed by atoms with van der Waals surface area (Å²) in [5.74, 6) is -1.73. The van der Waals surface area contributed by atoms with Gasteiger partial charge < -0.3 is 9.63 Å². The van der Waals surface area contributed by atoms with Gasteiger partial charge in [0.2, 0.25) is 5.79 Å². The van der Waals surface area contributed by atoms with Crippen molar-refractivity contribution in [1.29, 1.82) is 0 Å². The van der Waals surface area contributed by atoms with E-state index in [0.29, 0.717) is 11.1 Å².